The van der Waals surface area contributed by atoms with Crippen molar-refractivity contribution in [1.29, 1.82) is 5.26 Å². The molecule has 0 unspecified atom stereocenters. The van der Waals surface area contributed by atoms with Gasteiger partial charge < -0.3 is 19.8 Å². The van der Waals surface area contributed by atoms with Crippen LogP contribution in [0.3, 0.4) is 0 Å². The summed E-state index contributed by atoms with van der Waals surface area (Å²) in [5.74, 6) is 0.755. The molecule has 0 atom stereocenters. The van der Waals surface area contributed by atoms with Crippen molar-refractivity contribution in [1.82, 2.24) is 9.97 Å². The lowest BCUT2D eigenvalue weighted by Gasteiger charge is -2.11. The molecule has 3 aromatic rings. The molecular formula is C21H18N4O4S. The summed E-state index contributed by atoms with van der Waals surface area (Å²) in [6.07, 6.45) is 0. The number of thioether (sulfide) groups is 1. The Hall–Kier alpha value is -3.77. The summed E-state index contributed by atoms with van der Waals surface area (Å²) in [5.41, 5.74) is 0.801. The number of amides is 1. The number of aromatic nitrogens is 2. The zero-order chi connectivity index (χ0) is 21.5. The number of ether oxygens (including phenoxy) is 2. The lowest BCUT2D eigenvalue weighted by molar-refractivity contribution is -0.113. The third-order valence-corrected chi connectivity index (χ3v) is 4.95. The number of rotatable bonds is 7. The smallest absolute Gasteiger partial charge is 0.270 e. The zero-order valence-corrected chi connectivity index (χ0v) is 17.1. The normalized spacial score (nSPS) is 10.2. The van der Waals surface area contributed by atoms with Gasteiger partial charge in [0.1, 0.15) is 23.1 Å². The van der Waals surface area contributed by atoms with Gasteiger partial charge in [-0.15, -0.1) is 0 Å². The summed E-state index contributed by atoms with van der Waals surface area (Å²) >= 11 is 1.06. The number of nitrogens with zero attached hydrogens (tertiary/aromatic N) is 2. The molecule has 1 heterocycles. The number of nitrogens with one attached hydrogen (secondary N) is 2. The van der Waals surface area contributed by atoms with Crippen molar-refractivity contribution in [2.75, 3.05) is 25.3 Å². The van der Waals surface area contributed by atoms with Crippen LogP contribution < -0.4 is 20.3 Å². The molecule has 0 fully saturated rings. The fraction of sp³-hybridized carbons (Fsp3) is 0.143. The van der Waals surface area contributed by atoms with Crippen LogP contribution in [0, 0.1) is 11.3 Å². The van der Waals surface area contributed by atoms with Crippen LogP contribution in [0.1, 0.15) is 5.56 Å². The number of nitriles is 1. The van der Waals surface area contributed by atoms with Crippen molar-refractivity contribution in [2.24, 2.45) is 0 Å². The van der Waals surface area contributed by atoms with Gasteiger partial charge in [0.25, 0.3) is 5.56 Å². The Labute approximate surface area is 176 Å². The number of H-pyrrole nitrogens is 1. The second-order valence-corrected chi connectivity index (χ2v) is 6.94. The first-order chi connectivity index (χ1) is 14.5. The van der Waals surface area contributed by atoms with Crippen LogP contribution in [0.5, 0.6) is 11.5 Å². The van der Waals surface area contributed by atoms with E-state index in [1.54, 1.807) is 49.6 Å². The van der Waals surface area contributed by atoms with Crippen molar-refractivity contribution in [3.05, 3.63) is 64.4 Å². The van der Waals surface area contributed by atoms with Gasteiger partial charge in [-0.1, -0.05) is 42.1 Å². The van der Waals surface area contributed by atoms with Crippen molar-refractivity contribution in [2.45, 2.75) is 5.16 Å². The second kappa shape index (κ2) is 9.62. The van der Waals surface area contributed by atoms with E-state index >= 15 is 0 Å². The Morgan fingerprint density at radius 1 is 1.20 bits per heavy atom. The summed E-state index contributed by atoms with van der Waals surface area (Å²) < 4.78 is 10.4. The maximum Gasteiger partial charge on any atom is 0.270 e. The van der Waals surface area contributed by atoms with Crippen molar-refractivity contribution in [3.63, 3.8) is 0 Å². The SMILES string of the molecule is COc1ccc(NC(=O)CSc2nc(-c3ccccc3)c(C#N)c(=O)[nH]2)c(OC)c1. The minimum Gasteiger partial charge on any atom is -0.497 e. The minimum atomic E-state index is -0.550. The molecule has 1 amide bonds. The Kier molecular flexibility index (Phi) is 6.72. The van der Waals surface area contributed by atoms with Gasteiger partial charge in [-0.05, 0) is 12.1 Å². The number of benzene rings is 2. The second-order valence-electron chi connectivity index (χ2n) is 5.98. The highest BCUT2D eigenvalue weighted by atomic mass is 32.2. The lowest BCUT2D eigenvalue weighted by Crippen LogP contribution is -2.17. The largest absolute Gasteiger partial charge is 0.497 e. The van der Waals surface area contributed by atoms with Crippen LogP contribution in [0.4, 0.5) is 5.69 Å². The van der Waals surface area contributed by atoms with Gasteiger partial charge in [-0.2, -0.15) is 5.26 Å². The van der Waals surface area contributed by atoms with E-state index in [0.29, 0.717) is 22.7 Å². The monoisotopic (exact) mass is 422 g/mol. The van der Waals surface area contributed by atoms with E-state index in [0.717, 1.165) is 11.8 Å². The molecule has 2 N–H and O–H groups in total. The van der Waals surface area contributed by atoms with E-state index in [1.807, 2.05) is 12.1 Å². The molecule has 0 aliphatic carbocycles. The van der Waals surface area contributed by atoms with Gasteiger partial charge in [-0.25, -0.2) is 4.98 Å². The highest BCUT2D eigenvalue weighted by molar-refractivity contribution is 7.99. The predicted octanol–water partition coefficient (Wildman–Crippen LogP) is 3.06. The average molecular weight is 422 g/mol. The van der Waals surface area contributed by atoms with Gasteiger partial charge in [0, 0.05) is 11.6 Å². The Bertz CT molecular complexity index is 1160. The summed E-state index contributed by atoms with van der Waals surface area (Å²) in [6, 6.07) is 15.9. The molecule has 8 nitrogen and oxygen atoms in total. The molecule has 0 spiro atoms. The summed E-state index contributed by atoms with van der Waals surface area (Å²) in [4.78, 5) is 31.6. The van der Waals surface area contributed by atoms with Gasteiger partial charge >= 0.3 is 0 Å². The summed E-state index contributed by atoms with van der Waals surface area (Å²) in [5, 5.41) is 12.3. The van der Waals surface area contributed by atoms with Crippen LogP contribution in [-0.4, -0.2) is 35.8 Å². The van der Waals surface area contributed by atoms with Gasteiger partial charge in [0.2, 0.25) is 5.91 Å². The van der Waals surface area contributed by atoms with Crippen molar-refractivity contribution in [3.8, 4) is 28.8 Å². The zero-order valence-electron chi connectivity index (χ0n) is 16.3. The molecule has 1 aromatic heterocycles. The number of hydrogen-bond acceptors (Lipinski definition) is 7. The maximum absolute atomic E-state index is 12.4. The highest BCUT2D eigenvalue weighted by Gasteiger charge is 2.15. The molecule has 0 aliphatic heterocycles. The van der Waals surface area contributed by atoms with E-state index in [9.17, 15) is 14.9 Å². The van der Waals surface area contributed by atoms with Crippen LogP contribution in [0.2, 0.25) is 0 Å². The van der Waals surface area contributed by atoms with E-state index in [-0.39, 0.29) is 28.1 Å². The standard InChI is InChI=1S/C21H18N4O4S/c1-28-14-8-9-16(17(10-14)29-2)23-18(26)12-30-21-24-19(13-6-4-3-5-7-13)15(11-22)20(27)25-21/h3-10H,12H2,1-2H3,(H,23,26)(H,24,25,27). The molecular weight excluding hydrogens is 404 g/mol. The quantitative estimate of drug-likeness (QED) is 0.444. The molecule has 0 bridgehead atoms. The number of hydrogen-bond donors (Lipinski definition) is 2. The van der Waals surface area contributed by atoms with E-state index in [1.165, 1.54) is 7.11 Å². The fourth-order valence-electron chi connectivity index (χ4n) is 2.65. The fourth-order valence-corrected chi connectivity index (χ4v) is 3.31. The molecule has 0 radical (unpaired) electrons. The Balaban J connectivity index is 1.76. The molecule has 0 saturated heterocycles. The molecule has 9 heteroatoms. The third-order valence-electron chi connectivity index (χ3n) is 4.08. The minimum absolute atomic E-state index is 0.00173. The first-order valence-electron chi connectivity index (χ1n) is 8.80. The number of carbonyl (C=O) groups excluding carboxylic acids is 1. The molecule has 0 aliphatic rings. The maximum atomic E-state index is 12.4. The van der Waals surface area contributed by atoms with Crippen LogP contribution in [0.15, 0.2) is 58.5 Å². The first kappa shape index (κ1) is 21.0. The Morgan fingerprint density at radius 2 is 1.97 bits per heavy atom. The first-order valence-corrected chi connectivity index (χ1v) is 9.78. The van der Waals surface area contributed by atoms with E-state index in [2.05, 4.69) is 15.3 Å². The average Bonchev–Trinajstić information content (AvgIpc) is 2.78. The molecule has 2 aromatic carbocycles. The number of aromatic amines is 1. The van der Waals surface area contributed by atoms with Gasteiger partial charge in [-0.3, -0.25) is 9.59 Å². The third kappa shape index (κ3) is 4.79. The summed E-state index contributed by atoms with van der Waals surface area (Å²) in [6.45, 7) is 0. The molecule has 3 rings (SSSR count). The van der Waals surface area contributed by atoms with Crippen LogP contribution in [-0.2, 0) is 4.79 Å². The topological polar surface area (TPSA) is 117 Å². The van der Waals surface area contributed by atoms with Crippen molar-refractivity contribution < 1.29 is 14.3 Å². The Morgan fingerprint density at radius 3 is 2.63 bits per heavy atom. The van der Waals surface area contributed by atoms with Crippen LogP contribution >= 0.6 is 11.8 Å². The molecule has 152 valence electrons. The predicted molar refractivity (Wildman–Crippen MR) is 114 cm³/mol. The number of carbonyl (C=O) groups is 1. The number of methoxy groups -OCH3 is 2. The lowest BCUT2D eigenvalue weighted by atomic mass is 10.1. The van der Waals surface area contributed by atoms with Gasteiger partial charge in [0.15, 0.2) is 5.16 Å². The molecule has 0 saturated carbocycles. The van der Waals surface area contributed by atoms with E-state index < -0.39 is 5.56 Å². The molecule has 30 heavy (non-hydrogen) atoms. The number of anilines is 1. The van der Waals surface area contributed by atoms with E-state index in [4.69, 9.17) is 9.47 Å². The summed E-state index contributed by atoms with van der Waals surface area (Å²) in [7, 11) is 3.04. The van der Waals surface area contributed by atoms with Crippen molar-refractivity contribution >= 4 is 23.4 Å². The highest BCUT2D eigenvalue weighted by Crippen LogP contribution is 2.29. The van der Waals surface area contributed by atoms with Gasteiger partial charge in [0.05, 0.1) is 31.4 Å². The van der Waals surface area contributed by atoms with Crippen LogP contribution in [0.25, 0.3) is 11.3 Å².